The molecule has 0 saturated heterocycles. The second-order valence-electron chi connectivity index (χ2n) is 5.15. The minimum absolute atomic E-state index is 0.163. The minimum Gasteiger partial charge on any atom is -0.491 e. The molecule has 120 valence electrons. The van der Waals surface area contributed by atoms with E-state index in [4.69, 9.17) is 4.74 Å². The third kappa shape index (κ3) is 8.70. The fraction of sp³-hybridized carbons (Fsp3) is 0.600. The summed E-state index contributed by atoms with van der Waals surface area (Å²) in [6, 6.07) is 7.80. The molecule has 2 N–H and O–H groups in total. The number of sulfone groups is 1. The van der Waals surface area contributed by atoms with E-state index in [-0.39, 0.29) is 12.4 Å². The molecule has 0 fully saturated rings. The number of benzene rings is 1. The van der Waals surface area contributed by atoms with Gasteiger partial charge in [-0.1, -0.05) is 19.1 Å². The van der Waals surface area contributed by atoms with E-state index in [1.165, 1.54) is 11.8 Å². The van der Waals surface area contributed by atoms with Crippen LogP contribution in [0.5, 0.6) is 5.75 Å². The maximum atomic E-state index is 10.9. The highest BCUT2D eigenvalue weighted by Crippen LogP contribution is 2.12. The fourth-order valence-corrected chi connectivity index (χ4v) is 2.47. The minimum atomic E-state index is -2.90. The first-order chi connectivity index (χ1) is 9.90. The first-order valence-corrected chi connectivity index (χ1v) is 9.25. The third-order valence-electron chi connectivity index (χ3n) is 3.02. The lowest BCUT2D eigenvalue weighted by molar-refractivity contribution is 0.106. The SMILES string of the molecule is CCc1ccc(OCC(O)CNCCCS(C)(=O)=O)cc1. The van der Waals surface area contributed by atoms with E-state index in [1.54, 1.807) is 0 Å². The number of ether oxygens (including phenoxy) is 1. The van der Waals surface area contributed by atoms with Crippen LogP contribution in [0.25, 0.3) is 0 Å². The van der Waals surface area contributed by atoms with Crippen molar-refractivity contribution in [3.05, 3.63) is 29.8 Å². The Kier molecular flexibility index (Phi) is 7.71. The zero-order valence-corrected chi connectivity index (χ0v) is 13.5. The van der Waals surface area contributed by atoms with Crippen LogP contribution in [0.2, 0.25) is 0 Å². The summed E-state index contributed by atoms with van der Waals surface area (Å²) < 4.78 is 27.4. The van der Waals surface area contributed by atoms with Crippen molar-refractivity contribution in [2.24, 2.45) is 0 Å². The number of hydrogen-bond acceptors (Lipinski definition) is 5. The second-order valence-corrected chi connectivity index (χ2v) is 7.41. The number of hydrogen-bond donors (Lipinski definition) is 2. The van der Waals surface area contributed by atoms with Gasteiger partial charge in [0.1, 0.15) is 28.3 Å². The molecule has 1 unspecified atom stereocenters. The summed E-state index contributed by atoms with van der Waals surface area (Å²) in [6.07, 6.45) is 2.14. The van der Waals surface area contributed by atoms with Gasteiger partial charge in [-0.3, -0.25) is 0 Å². The van der Waals surface area contributed by atoms with E-state index in [9.17, 15) is 13.5 Å². The van der Waals surface area contributed by atoms with Gasteiger partial charge in [0.2, 0.25) is 0 Å². The van der Waals surface area contributed by atoms with Crippen LogP contribution in [0.1, 0.15) is 18.9 Å². The van der Waals surface area contributed by atoms with Crippen LogP contribution < -0.4 is 10.1 Å². The van der Waals surface area contributed by atoms with Crippen molar-refractivity contribution in [2.75, 3.05) is 31.7 Å². The molecule has 0 amide bonds. The van der Waals surface area contributed by atoms with Crippen molar-refractivity contribution in [1.82, 2.24) is 5.32 Å². The van der Waals surface area contributed by atoms with Crippen LogP contribution in [0.15, 0.2) is 24.3 Å². The zero-order valence-electron chi connectivity index (χ0n) is 12.7. The highest BCUT2D eigenvalue weighted by molar-refractivity contribution is 7.90. The molecule has 0 aliphatic rings. The molecule has 0 bridgehead atoms. The Morgan fingerprint density at radius 2 is 1.95 bits per heavy atom. The maximum absolute atomic E-state index is 10.9. The van der Waals surface area contributed by atoms with Gasteiger partial charge in [0.05, 0.1) is 5.75 Å². The first kappa shape index (κ1) is 17.9. The van der Waals surface area contributed by atoms with Crippen LogP contribution in [0, 0.1) is 0 Å². The molecule has 0 spiro atoms. The Hall–Kier alpha value is -1.11. The Morgan fingerprint density at radius 1 is 1.29 bits per heavy atom. The first-order valence-electron chi connectivity index (χ1n) is 7.19. The molecule has 1 aromatic carbocycles. The summed E-state index contributed by atoms with van der Waals surface area (Å²) >= 11 is 0. The summed E-state index contributed by atoms with van der Waals surface area (Å²) in [4.78, 5) is 0. The van der Waals surface area contributed by atoms with E-state index in [0.29, 0.717) is 19.5 Å². The van der Waals surface area contributed by atoms with Gasteiger partial charge in [0, 0.05) is 12.8 Å². The molecule has 6 heteroatoms. The van der Waals surface area contributed by atoms with Crippen LogP contribution >= 0.6 is 0 Å². The molecule has 1 aromatic rings. The van der Waals surface area contributed by atoms with Crippen molar-refractivity contribution in [2.45, 2.75) is 25.9 Å². The molecular formula is C15H25NO4S. The summed E-state index contributed by atoms with van der Waals surface area (Å²) in [7, 11) is -2.90. The molecule has 0 heterocycles. The van der Waals surface area contributed by atoms with Crippen LogP contribution in [0.4, 0.5) is 0 Å². The Balaban J connectivity index is 2.14. The molecule has 0 aliphatic carbocycles. The lowest BCUT2D eigenvalue weighted by atomic mass is 10.2. The quantitative estimate of drug-likeness (QED) is 0.630. The smallest absolute Gasteiger partial charge is 0.147 e. The predicted octanol–water partition coefficient (Wildman–Crippen LogP) is 1.01. The van der Waals surface area contributed by atoms with Gasteiger partial charge >= 0.3 is 0 Å². The second kappa shape index (κ2) is 9.02. The monoisotopic (exact) mass is 315 g/mol. The molecule has 0 aromatic heterocycles. The van der Waals surface area contributed by atoms with E-state index >= 15 is 0 Å². The number of rotatable bonds is 10. The Labute approximate surface area is 127 Å². The highest BCUT2D eigenvalue weighted by Gasteiger charge is 2.06. The van der Waals surface area contributed by atoms with E-state index < -0.39 is 15.9 Å². The van der Waals surface area contributed by atoms with Gasteiger partial charge < -0.3 is 15.2 Å². The Morgan fingerprint density at radius 3 is 2.52 bits per heavy atom. The van der Waals surface area contributed by atoms with Gasteiger partial charge in [-0.25, -0.2) is 8.42 Å². The van der Waals surface area contributed by atoms with E-state index in [0.717, 1.165) is 12.2 Å². The standard InChI is InChI=1S/C15H25NO4S/c1-3-13-5-7-15(8-6-13)20-12-14(17)11-16-9-4-10-21(2,18)19/h5-8,14,16-17H,3-4,9-12H2,1-2H3. The molecular weight excluding hydrogens is 290 g/mol. The van der Waals surface area contributed by atoms with Crippen molar-refractivity contribution >= 4 is 9.84 Å². The third-order valence-corrected chi connectivity index (χ3v) is 4.05. The van der Waals surface area contributed by atoms with Gasteiger partial charge in [-0.15, -0.1) is 0 Å². The average molecular weight is 315 g/mol. The van der Waals surface area contributed by atoms with Crippen LogP contribution in [0.3, 0.4) is 0 Å². The summed E-state index contributed by atoms with van der Waals surface area (Å²) in [5.41, 5.74) is 1.25. The molecule has 21 heavy (non-hydrogen) atoms. The van der Waals surface area contributed by atoms with Crippen molar-refractivity contribution in [3.8, 4) is 5.75 Å². The van der Waals surface area contributed by atoms with Crippen molar-refractivity contribution < 1.29 is 18.3 Å². The van der Waals surface area contributed by atoms with Crippen molar-refractivity contribution in [3.63, 3.8) is 0 Å². The van der Waals surface area contributed by atoms with Gasteiger partial charge in [-0.05, 0) is 37.1 Å². The molecule has 0 radical (unpaired) electrons. The molecule has 5 nitrogen and oxygen atoms in total. The summed E-state index contributed by atoms with van der Waals surface area (Å²) in [5.74, 6) is 0.902. The largest absolute Gasteiger partial charge is 0.491 e. The van der Waals surface area contributed by atoms with Gasteiger partial charge in [0.15, 0.2) is 0 Å². The van der Waals surface area contributed by atoms with E-state index in [2.05, 4.69) is 12.2 Å². The number of aliphatic hydroxyl groups excluding tert-OH is 1. The Bertz CT molecular complexity index is 499. The van der Waals surface area contributed by atoms with Gasteiger partial charge in [-0.2, -0.15) is 0 Å². The summed E-state index contributed by atoms with van der Waals surface area (Å²) in [6.45, 7) is 3.26. The predicted molar refractivity (Wildman–Crippen MR) is 84.5 cm³/mol. The lowest BCUT2D eigenvalue weighted by Crippen LogP contribution is -2.32. The highest BCUT2D eigenvalue weighted by atomic mass is 32.2. The number of aliphatic hydroxyl groups is 1. The zero-order chi connectivity index (χ0) is 15.7. The van der Waals surface area contributed by atoms with Crippen LogP contribution in [-0.4, -0.2) is 51.3 Å². The fourth-order valence-electron chi connectivity index (χ4n) is 1.80. The summed E-state index contributed by atoms with van der Waals surface area (Å²) in [5, 5.41) is 12.8. The van der Waals surface area contributed by atoms with Crippen molar-refractivity contribution in [1.29, 1.82) is 0 Å². The molecule has 0 aliphatic heterocycles. The molecule has 1 rings (SSSR count). The molecule has 0 saturated carbocycles. The maximum Gasteiger partial charge on any atom is 0.147 e. The topological polar surface area (TPSA) is 75.6 Å². The van der Waals surface area contributed by atoms with Crippen LogP contribution in [-0.2, 0) is 16.3 Å². The molecule has 1 atom stereocenters. The van der Waals surface area contributed by atoms with Gasteiger partial charge in [0.25, 0.3) is 0 Å². The number of aryl methyl sites for hydroxylation is 1. The van der Waals surface area contributed by atoms with E-state index in [1.807, 2.05) is 24.3 Å². The lowest BCUT2D eigenvalue weighted by Gasteiger charge is -2.13. The normalized spacial score (nSPS) is 13.1. The average Bonchev–Trinajstić information content (AvgIpc) is 2.44. The number of nitrogens with one attached hydrogen (secondary N) is 1.